The number of nitrogens with zero attached hydrogens (tertiary/aromatic N) is 3. The fourth-order valence-electron chi connectivity index (χ4n) is 4.43. The van der Waals surface area contributed by atoms with Crippen molar-refractivity contribution < 1.29 is 27.8 Å². The molecule has 9 heteroatoms. The number of aromatic nitrogens is 2. The Morgan fingerprint density at radius 3 is 2.46 bits per heavy atom. The minimum atomic E-state index is -2.93. The average molecular weight is 488 g/mol. The smallest absolute Gasteiger partial charge is 0.410 e. The van der Waals surface area contributed by atoms with Crippen LogP contribution in [0.3, 0.4) is 0 Å². The van der Waals surface area contributed by atoms with Crippen molar-refractivity contribution in [3.8, 4) is 22.8 Å². The van der Waals surface area contributed by atoms with E-state index in [1.54, 1.807) is 30.2 Å². The summed E-state index contributed by atoms with van der Waals surface area (Å²) in [5.74, 6) is 0.837. The number of piperidine rings is 1. The van der Waals surface area contributed by atoms with E-state index in [1.165, 1.54) is 7.11 Å². The number of halogens is 2. The SMILES string of the molecule is COc1cc(-c2cnc3cc(C4CCN(C(=O)OC(C)(C)C)CC4)ccn23)cc(OC(F)F)c1C. The lowest BCUT2D eigenvalue weighted by Gasteiger charge is -2.33. The third kappa shape index (κ3) is 5.49. The van der Waals surface area contributed by atoms with Crippen molar-refractivity contribution in [2.45, 2.75) is 58.7 Å². The van der Waals surface area contributed by atoms with Crippen LogP contribution >= 0.6 is 0 Å². The summed E-state index contributed by atoms with van der Waals surface area (Å²) < 4.78 is 43.3. The number of rotatable bonds is 5. The van der Waals surface area contributed by atoms with Gasteiger partial charge in [-0.05, 0) is 76.3 Å². The van der Waals surface area contributed by atoms with Crippen molar-refractivity contribution in [1.82, 2.24) is 14.3 Å². The standard InChI is InChI=1S/C26H31F2N3O4/c1-16-21(33-5)12-19(13-22(16)34-24(27)28)20-15-29-23-14-18(8-11-31(20)23)17-6-9-30(10-7-17)25(32)35-26(2,3)4/h8,11-15,17,24H,6-7,9-10H2,1-5H3. The van der Waals surface area contributed by atoms with Gasteiger partial charge in [-0.25, -0.2) is 9.78 Å². The summed E-state index contributed by atoms with van der Waals surface area (Å²) in [5.41, 5.74) is 3.30. The monoisotopic (exact) mass is 487 g/mol. The molecule has 0 saturated carbocycles. The lowest BCUT2D eigenvalue weighted by molar-refractivity contribution is -0.0503. The highest BCUT2D eigenvalue weighted by atomic mass is 19.3. The fourth-order valence-corrected chi connectivity index (χ4v) is 4.43. The molecule has 3 aromatic rings. The van der Waals surface area contributed by atoms with E-state index in [4.69, 9.17) is 14.2 Å². The van der Waals surface area contributed by atoms with Gasteiger partial charge in [0.2, 0.25) is 0 Å². The van der Waals surface area contributed by atoms with Crippen molar-refractivity contribution in [3.63, 3.8) is 0 Å². The molecule has 2 aromatic heterocycles. The molecule has 1 fully saturated rings. The molecule has 0 spiro atoms. The second-order valence-corrected chi connectivity index (χ2v) is 9.75. The van der Waals surface area contributed by atoms with E-state index < -0.39 is 12.2 Å². The van der Waals surface area contributed by atoms with Gasteiger partial charge in [-0.3, -0.25) is 4.40 Å². The molecule has 0 unspecified atom stereocenters. The first kappa shape index (κ1) is 24.8. The van der Waals surface area contributed by atoms with Crippen LogP contribution in [0.25, 0.3) is 16.9 Å². The predicted molar refractivity (Wildman–Crippen MR) is 128 cm³/mol. The topological polar surface area (TPSA) is 65.3 Å². The van der Waals surface area contributed by atoms with Gasteiger partial charge in [0.1, 0.15) is 22.7 Å². The molecule has 188 valence electrons. The van der Waals surface area contributed by atoms with Crippen molar-refractivity contribution in [3.05, 3.63) is 47.8 Å². The highest BCUT2D eigenvalue weighted by Gasteiger charge is 2.28. The number of hydrogen-bond donors (Lipinski definition) is 0. The van der Waals surface area contributed by atoms with Gasteiger partial charge in [0.15, 0.2) is 0 Å². The number of methoxy groups -OCH3 is 1. The van der Waals surface area contributed by atoms with E-state index in [9.17, 15) is 13.6 Å². The van der Waals surface area contributed by atoms with Crippen LogP contribution in [0.1, 0.15) is 50.7 Å². The van der Waals surface area contributed by atoms with Crippen molar-refractivity contribution in [1.29, 1.82) is 0 Å². The zero-order chi connectivity index (χ0) is 25.3. The zero-order valence-electron chi connectivity index (χ0n) is 20.7. The van der Waals surface area contributed by atoms with Gasteiger partial charge in [-0.2, -0.15) is 8.78 Å². The Hall–Kier alpha value is -3.36. The van der Waals surface area contributed by atoms with Crippen molar-refractivity contribution in [2.24, 2.45) is 0 Å². The lowest BCUT2D eigenvalue weighted by atomic mass is 9.90. The number of hydrogen-bond acceptors (Lipinski definition) is 5. The third-order valence-electron chi connectivity index (χ3n) is 6.20. The maximum Gasteiger partial charge on any atom is 0.410 e. The van der Waals surface area contributed by atoms with E-state index in [0.717, 1.165) is 29.7 Å². The predicted octanol–water partition coefficient (Wildman–Crippen LogP) is 6.03. The van der Waals surface area contributed by atoms with E-state index in [2.05, 4.69) is 4.98 Å². The first-order valence-electron chi connectivity index (χ1n) is 11.6. The Labute approximate surface area is 203 Å². The number of carbonyl (C=O) groups is 1. The quantitative estimate of drug-likeness (QED) is 0.439. The maximum absolute atomic E-state index is 12.9. The summed E-state index contributed by atoms with van der Waals surface area (Å²) in [7, 11) is 1.49. The number of carbonyl (C=O) groups excluding carboxylic acids is 1. The van der Waals surface area contributed by atoms with Crippen LogP contribution < -0.4 is 9.47 Å². The molecular weight excluding hydrogens is 456 g/mol. The summed E-state index contributed by atoms with van der Waals surface area (Å²) in [6.45, 7) is 5.62. The van der Waals surface area contributed by atoms with Crippen LogP contribution in [0.5, 0.6) is 11.5 Å². The molecule has 1 saturated heterocycles. The number of amides is 1. The van der Waals surface area contributed by atoms with Gasteiger partial charge in [0.05, 0.1) is 19.0 Å². The number of imidazole rings is 1. The van der Waals surface area contributed by atoms with Crippen LogP contribution in [0, 0.1) is 6.92 Å². The van der Waals surface area contributed by atoms with Gasteiger partial charge in [-0.1, -0.05) is 0 Å². The molecule has 4 rings (SSSR count). The Balaban J connectivity index is 1.54. The molecule has 0 atom stereocenters. The van der Waals surface area contributed by atoms with Gasteiger partial charge < -0.3 is 19.1 Å². The Kier molecular flexibility index (Phi) is 6.87. The van der Waals surface area contributed by atoms with Crippen LogP contribution in [-0.2, 0) is 4.74 Å². The van der Waals surface area contributed by atoms with Crippen LogP contribution in [0.2, 0.25) is 0 Å². The summed E-state index contributed by atoms with van der Waals surface area (Å²) >= 11 is 0. The van der Waals surface area contributed by atoms with Crippen molar-refractivity contribution >= 4 is 11.7 Å². The number of benzene rings is 1. The molecule has 1 aliphatic rings. The van der Waals surface area contributed by atoms with Gasteiger partial charge in [-0.15, -0.1) is 0 Å². The fraction of sp³-hybridized carbons (Fsp3) is 0.462. The Morgan fingerprint density at radius 1 is 1.14 bits per heavy atom. The van der Waals surface area contributed by atoms with Crippen LogP contribution in [0.15, 0.2) is 36.7 Å². The van der Waals surface area contributed by atoms with Crippen molar-refractivity contribution in [2.75, 3.05) is 20.2 Å². The second-order valence-electron chi connectivity index (χ2n) is 9.75. The minimum Gasteiger partial charge on any atom is -0.496 e. The van der Waals surface area contributed by atoms with E-state index >= 15 is 0 Å². The summed E-state index contributed by atoms with van der Waals surface area (Å²) in [6.07, 6.45) is 5.06. The second kappa shape index (κ2) is 9.71. The first-order valence-corrected chi connectivity index (χ1v) is 11.6. The van der Waals surface area contributed by atoms with Gasteiger partial charge in [0, 0.05) is 30.4 Å². The molecule has 0 N–H and O–H groups in total. The molecule has 7 nitrogen and oxygen atoms in total. The lowest BCUT2D eigenvalue weighted by Crippen LogP contribution is -2.41. The molecular formula is C26H31F2N3O4. The zero-order valence-corrected chi connectivity index (χ0v) is 20.7. The number of alkyl halides is 2. The average Bonchev–Trinajstić information content (AvgIpc) is 3.22. The normalized spacial score (nSPS) is 15.0. The summed E-state index contributed by atoms with van der Waals surface area (Å²) in [5, 5.41) is 0. The number of likely N-dealkylation sites (tertiary alicyclic amines) is 1. The molecule has 0 bridgehead atoms. The largest absolute Gasteiger partial charge is 0.496 e. The number of pyridine rings is 1. The highest BCUT2D eigenvalue weighted by Crippen LogP contribution is 2.36. The van der Waals surface area contributed by atoms with E-state index in [1.807, 2.05) is 43.5 Å². The highest BCUT2D eigenvalue weighted by molar-refractivity contribution is 5.69. The minimum absolute atomic E-state index is 0.0673. The third-order valence-corrected chi connectivity index (χ3v) is 6.20. The molecule has 35 heavy (non-hydrogen) atoms. The number of fused-ring (bicyclic) bond motifs is 1. The van der Waals surface area contributed by atoms with Crippen LogP contribution in [0.4, 0.5) is 13.6 Å². The first-order chi connectivity index (χ1) is 16.6. The molecule has 1 aromatic carbocycles. The summed E-state index contributed by atoms with van der Waals surface area (Å²) in [4.78, 5) is 18.7. The molecule has 3 heterocycles. The molecule has 1 amide bonds. The summed E-state index contributed by atoms with van der Waals surface area (Å²) in [6, 6.07) is 7.46. The van der Waals surface area contributed by atoms with Gasteiger partial charge >= 0.3 is 12.7 Å². The van der Waals surface area contributed by atoms with E-state index in [-0.39, 0.29) is 11.8 Å². The Morgan fingerprint density at radius 2 is 1.83 bits per heavy atom. The number of ether oxygens (including phenoxy) is 3. The molecule has 0 radical (unpaired) electrons. The van der Waals surface area contributed by atoms with Crippen LogP contribution in [-0.4, -0.2) is 52.8 Å². The van der Waals surface area contributed by atoms with E-state index in [0.29, 0.717) is 35.9 Å². The Bertz CT molecular complexity index is 1210. The van der Waals surface area contributed by atoms with Gasteiger partial charge in [0.25, 0.3) is 0 Å². The molecule has 1 aliphatic heterocycles. The molecule has 0 aliphatic carbocycles. The maximum atomic E-state index is 12.9.